The number of amides is 1. The number of aliphatic hydroxyl groups excluding tert-OH is 1. The summed E-state index contributed by atoms with van der Waals surface area (Å²) in [5.41, 5.74) is 6.90. The number of aromatic nitrogens is 4. The van der Waals surface area contributed by atoms with Gasteiger partial charge in [0.05, 0.1) is 12.9 Å². The van der Waals surface area contributed by atoms with Gasteiger partial charge in [-0.05, 0) is 22.4 Å². The summed E-state index contributed by atoms with van der Waals surface area (Å²) in [6, 6.07) is 1.81. The van der Waals surface area contributed by atoms with Gasteiger partial charge in [0.25, 0.3) is 0 Å². The molecule has 0 bridgehead atoms. The molecule has 3 aromatic heterocycles. The van der Waals surface area contributed by atoms with Gasteiger partial charge in [0.2, 0.25) is 11.9 Å². The summed E-state index contributed by atoms with van der Waals surface area (Å²) in [6.07, 6.45) is -4.60. The molecule has 0 aromatic carbocycles. The summed E-state index contributed by atoms with van der Waals surface area (Å²) in [7, 11) is -16.9. The normalized spacial score (nSPS) is 23.9. The van der Waals surface area contributed by atoms with Gasteiger partial charge in [-0.15, -0.1) is 0 Å². The van der Waals surface area contributed by atoms with Gasteiger partial charge in [-0.3, -0.25) is 13.9 Å². The molecule has 4 heterocycles. The Kier molecular flexibility index (Phi) is 10.2. The highest BCUT2D eigenvalue weighted by Gasteiger charge is 2.48. The second-order valence-electron chi connectivity index (χ2n) is 8.40. The highest BCUT2D eigenvalue weighted by molar-refractivity contribution is 7.71. The number of hydrogen-bond donors (Lipinski definition) is 8. The number of aliphatic hydroxyl groups is 1. The number of carbonyl (C=O) groups is 1. The number of imidazole rings is 1. The van der Waals surface area contributed by atoms with E-state index in [0.717, 1.165) is 5.56 Å². The Balaban J connectivity index is 1.51. The third kappa shape index (κ3) is 8.56. The Labute approximate surface area is 243 Å². The first-order valence-electron chi connectivity index (χ1n) is 11.3. The Morgan fingerprint density at radius 2 is 1.98 bits per heavy atom. The molecule has 0 saturated carbocycles. The van der Waals surface area contributed by atoms with E-state index in [4.69, 9.17) is 37.2 Å². The van der Waals surface area contributed by atoms with Crippen LogP contribution in [0.4, 0.5) is 5.95 Å². The van der Waals surface area contributed by atoms with Gasteiger partial charge in [0.1, 0.15) is 35.1 Å². The van der Waals surface area contributed by atoms with Crippen LogP contribution < -0.4 is 11.1 Å². The molecule has 42 heavy (non-hydrogen) atoms. The second kappa shape index (κ2) is 12.9. The van der Waals surface area contributed by atoms with Crippen molar-refractivity contribution >= 4 is 70.0 Å². The van der Waals surface area contributed by atoms with Gasteiger partial charge in [-0.2, -0.15) is 24.9 Å². The van der Waals surface area contributed by atoms with Crippen LogP contribution in [0.2, 0.25) is 0 Å². The number of H-pyrrole nitrogens is 1. The van der Waals surface area contributed by atoms with Crippen molar-refractivity contribution in [3.8, 4) is 0 Å². The molecule has 1 saturated heterocycles. The first-order chi connectivity index (χ1) is 19.5. The Hall–Kier alpha value is -1.97. The fourth-order valence-corrected chi connectivity index (χ4v) is 7.62. The first-order valence-corrected chi connectivity index (χ1v) is 17.1. The minimum atomic E-state index is -5.78. The van der Waals surface area contributed by atoms with Crippen LogP contribution >= 0.6 is 47.0 Å². The number of nitrogens with zero attached hydrogens (tertiary/aromatic N) is 3. The number of hydrogen-bond acceptors (Lipinski definition) is 15. The predicted octanol–water partition coefficient (Wildman–Crippen LogP) is 0.436. The van der Waals surface area contributed by atoms with Crippen molar-refractivity contribution in [2.24, 2.45) is 0 Å². The number of fused-ring (bicyclic) bond motifs is 1. The summed E-state index contributed by atoms with van der Waals surface area (Å²) in [5, 5.41) is 17.3. The summed E-state index contributed by atoms with van der Waals surface area (Å²) in [4.78, 5) is 59.7. The molecule has 0 aliphatic carbocycles. The van der Waals surface area contributed by atoms with E-state index in [-0.39, 0.29) is 28.3 Å². The largest absolute Gasteiger partial charge is 0.490 e. The van der Waals surface area contributed by atoms with Crippen molar-refractivity contribution in [3.63, 3.8) is 0 Å². The number of rotatable bonds is 13. The number of carbonyl (C=O) groups excluding carboxylic acids is 1. The van der Waals surface area contributed by atoms with E-state index in [9.17, 15) is 33.4 Å². The molecule has 3 aromatic rings. The number of aromatic amines is 1. The second-order valence-corrected chi connectivity index (χ2v) is 14.0. The molecule has 1 aliphatic heterocycles. The number of anilines is 1. The van der Waals surface area contributed by atoms with E-state index in [1.165, 1.54) is 22.2 Å². The van der Waals surface area contributed by atoms with Crippen LogP contribution in [0.5, 0.6) is 0 Å². The lowest BCUT2D eigenvalue weighted by Gasteiger charge is -2.22. The zero-order chi connectivity index (χ0) is 30.9. The number of phosphoric acid groups is 3. The smallest absolute Gasteiger partial charge is 0.387 e. The van der Waals surface area contributed by atoms with Crippen molar-refractivity contribution in [3.05, 3.63) is 33.4 Å². The van der Waals surface area contributed by atoms with E-state index in [1.54, 1.807) is 0 Å². The van der Waals surface area contributed by atoms with Crippen LogP contribution in [0.1, 0.15) is 11.8 Å². The van der Waals surface area contributed by atoms with Crippen molar-refractivity contribution in [1.82, 2.24) is 24.8 Å². The average molecular weight is 692 g/mol. The third-order valence-electron chi connectivity index (χ3n) is 5.33. The van der Waals surface area contributed by atoms with Crippen LogP contribution in [0.3, 0.4) is 0 Å². The molecular formula is C17H23N6O14P3S2. The van der Waals surface area contributed by atoms with Gasteiger partial charge < -0.3 is 50.2 Å². The summed E-state index contributed by atoms with van der Waals surface area (Å²) < 4.78 is 59.4. The van der Waals surface area contributed by atoms with Gasteiger partial charge in [-0.25, -0.2) is 18.7 Å². The molecule has 1 fully saturated rings. The lowest BCUT2D eigenvalue weighted by molar-refractivity contribution is -0.133. The van der Waals surface area contributed by atoms with Crippen LogP contribution in [-0.4, -0.2) is 81.6 Å². The highest BCUT2D eigenvalue weighted by Crippen LogP contribution is 2.66. The quantitative estimate of drug-likeness (QED) is 0.0890. The number of nitrogens with two attached hydrogens (primary N) is 1. The zero-order valence-electron chi connectivity index (χ0n) is 20.7. The number of ether oxygens (including phenoxy) is 2. The number of thiophene rings is 1. The minimum Gasteiger partial charge on any atom is -0.387 e. The van der Waals surface area contributed by atoms with Gasteiger partial charge in [-0.1, -0.05) is 12.2 Å². The minimum absolute atomic E-state index is 0.0812. The Morgan fingerprint density at radius 1 is 1.24 bits per heavy atom. The molecule has 4 rings (SSSR count). The van der Waals surface area contributed by atoms with E-state index in [0.29, 0.717) is 0 Å². The molecule has 3 unspecified atom stereocenters. The third-order valence-corrected chi connectivity index (χ3v) is 10.2. The molecule has 9 N–H and O–H groups in total. The molecule has 232 valence electrons. The number of nitrogens with one attached hydrogen (secondary N) is 2. The lowest BCUT2D eigenvalue weighted by atomic mass is 10.1. The molecule has 0 spiro atoms. The summed E-state index contributed by atoms with van der Waals surface area (Å²) in [6.45, 7) is -1.33. The maximum absolute atomic E-state index is 12.4. The van der Waals surface area contributed by atoms with E-state index in [2.05, 4.69) is 33.4 Å². The monoisotopic (exact) mass is 692 g/mol. The maximum Gasteiger partial charge on any atom is 0.490 e. The van der Waals surface area contributed by atoms with Gasteiger partial charge in [0, 0.05) is 6.54 Å². The van der Waals surface area contributed by atoms with E-state index >= 15 is 0 Å². The first kappa shape index (κ1) is 32.9. The molecule has 0 radical (unpaired) electrons. The molecule has 1 aliphatic rings. The van der Waals surface area contributed by atoms with Crippen molar-refractivity contribution < 1.29 is 65.8 Å². The molecular weight excluding hydrogens is 669 g/mol. The topological polar surface area (TPSA) is 300 Å². The summed E-state index contributed by atoms with van der Waals surface area (Å²) in [5.74, 6) is -0.633. The van der Waals surface area contributed by atoms with E-state index < -0.39 is 67.1 Å². The predicted molar refractivity (Wildman–Crippen MR) is 143 cm³/mol. The Bertz CT molecular complexity index is 1630. The van der Waals surface area contributed by atoms with Crippen LogP contribution in [-0.2, 0) is 47.7 Å². The number of nitrogen functional groups attached to an aromatic ring is 1. The van der Waals surface area contributed by atoms with Crippen molar-refractivity contribution in [1.29, 1.82) is 0 Å². The van der Waals surface area contributed by atoms with Crippen molar-refractivity contribution in [2.75, 3.05) is 18.9 Å². The van der Waals surface area contributed by atoms with Gasteiger partial charge >= 0.3 is 23.5 Å². The van der Waals surface area contributed by atoms with Crippen LogP contribution in [0, 0.1) is 4.64 Å². The average Bonchev–Trinajstić information content (AvgIpc) is 3.57. The fraction of sp³-hybridized carbons (Fsp3) is 0.412. The molecule has 6 atom stereocenters. The zero-order valence-corrected chi connectivity index (χ0v) is 25.0. The SMILES string of the molecule is Nc1nc2c(ncn2[C@@H]2O[C@H](COP(=O)(O)OP(=O)(O)OP(=O)(O)O)[C@H](O)C2OCC(=O)NCc2ccsc2)c(=S)[nH]1. The number of phosphoric ester groups is 1. The Morgan fingerprint density at radius 3 is 2.64 bits per heavy atom. The molecule has 25 heteroatoms. The van der Waals surface area contributed by atoms with E-state index in [1.807, 2.05) is 16.8 Å². The van der Waals surface area contributed by atoms with Crippen molar-refractivity contribution in [2.45, 2.75) is 31.1 Å². The maximum atomic E-state index is 12.4. The fourth-order valence-electron chi connectivity index (χ4n) is 3.68. The molecule has 20 nitrogen and oxygen atoms in total. The summed E-state index contributed by atoms with van der Waals surface area (Å²) >= 11 is 6.64. The van der Waals surface area contributed by atoms with Crippen LogP contribution in [0.25, 0.3) is 11.2 Å². The van der Waals surface area contributed by atoms with Gasteiger partial charge in [0.15, 0.2) is 11.9 Å². The standard InChI is InChI=1S/C17H23N6O14P3S2/c18-17-21-14-11(15(41)22-17)20-7-23(14)16-13(33-5-10(24)19-3-8-1-2-42-6-8)12(25)9(35-16)4-34-39(29,30)37-40(31,32)36-38(26,27)28/h1-2,6-7,9,12-13,16,25H,3-5H2,(H,19,24)(H,29,30)(H,31,32)(H2,26,27,28)(H3,18,21,22,41)/t9-,12+,13?,16-/m1/s1. The molecule has 1 amide bonds. The lowest BCUT2D eigenvalue weighted by Crippen LogP contribution is -2.38. The highest BCUT2D eigenvalue weighted by atomic mass is 32.1. The van der Waals surface area contributed by atoms with Crippen LogP contribution in [0.15, 0.2) is 23.2 Å².